The first kappa shape index (κ1) is 15.0. The zero-order valence-electron chi connectivity index (χ0n) is 11.6. The summed E-state index contributed by atoms with van der Waals surface area (Å²) in [7, 11) is 0. The van der Waals surface area contributed by atoms with Crippen LogP contribution in [-0.2, 0) is 9.59 Å². The van der Waals surface area contributed by atoms with Crippen LogP contribution in [0.4, 0.5) is 0 Å². The lowest BCUT2D eigenvalue weighted by molar-refractivity contribution is -0.139. The molecule has 1 unspecified atom stereocenters. The molecule has 104 valence electrons. The molecule has 0 spiro atoms. The van der Waals surface area contributed by atoms with Crippen molar-refractivity contribution in [2.45, 2.75) is 39.7 Å². The van der Waals surface area contributed by atoms with Gasteiger partial charge < -0.3 is 10.0 Å². The lowest BCUT2D eigenvalue weighted by Gasteiger charge is -2.37. The van der Waals surface area contributed by atoms with Crippen molar-refractivity contribution >= 4 is 11.9 Å². The second-order valence-electron chi connectivity index (χ2n) is 5.42. The Morgan fingerprint density at radius 2 is 1.61 bits per heavy atom. The number of carbonyl (C=O) groups excluding carboxylic acids is 1. The van der Waals surface area contributed by atoms with Crippen molar-refractivity contribution in [3.05, 3.63) is 0 Å². The lowest BCUT2D eigenvalue weighted by atomic mass is 10.0. The predicted molar refractivity (Wildman–Crippen MR) is 69.3 cm³/mol. The number of nitrogens with zero attached hydrogens (tertiary/aromatic N) is 2. The average molecular weight is 256 g/mol. The molecule has 1 aliphatic heterocycles. The summed E-state index contributed by atoms with van der Waals surface area (Å²) in [6, 6.07) is 0.521. The van der Waals surface area contributed by atoms with E-state index in [1.807, 2.05) is 11.8 Å². The van der Waals surface area contributed by atoms with Gasteiger partial charge in [0.15, 0.2) is 0 Å². The molecule has 0 aromatic rings. The van der Waals surface area contributed by atoms with Gasteiger partial charge in [-0.05, 0) is 19.8 Å². The summed E-state index contributed by atoms with van der Waals surface area (Å²) < 4.78 is 0. The van der Waals surface area contributed by atoms with Crippen LogP contribution in [0.3, 0.4) is 0 Å². The molecule has 0 aliphatic carbocycles. The van der Waals surface area contributed by atoms with Gasteiger partial charge in [0.05, 0.1) is 0 Å². The van der Waals surface area contributed by atoms with E-state index in [9.17, 15) is 9.59 Å². The number of carboxylic acid groups (broad SMARTS) is 1. The number of aliphatic carboxylic acids is 1. The van der Waals surface area contributed by atoms with E-state index >= 15 is 0 Å². The molecule has 1 aliphatic rings. The van der Waals surface area contributed by atoms with Crippen molar-refractivity contribution in [3.63, 3.8) is 0 Å². The van der Waals surface area contributed by atoms with Gasteiger partial charge in [-0.3, -0.25) is 14.5 Å². The van der Waals surface area contributed by atoms with Crippen LogP contribution in [0.2, 0.25) is 0 Å². The average Bonchev–Trinajstić information content (AvgIpc) is 2.27. The smallest absolute Gasteiger partial charge is 0.303 e. The highest BCUT2D eigenvalue weighted by Gasteiger charge is 2.23. The fraction of sp³-hybridized carbons (Fsp3) is 0.846. The Morgan fingerprint density at radius 1 is 1.06 bits per heavy atom. The van der Waals surface area contributed by atoms with Gasteiger partial charge in [-0.2, -0.15) is 0 Å². The third-order valence-electron chi connectivity index (χ3n) is 3.44. The van der Waals surface area contributed by atoms with Crippen LogP contribution in [0.5, 0.6) is 0 Å². The van der Waals surface area contributed by atoms with Gasteiger partial charge >= 0.3 is 5.97 Å². The van der Waals surface area contributed by atoms with Crippen LogP contribution >= 0.6 is 0 Å². The molecule has 1 N–H and O–H groups in total. The molecule has 0 bridgehead atoms. The number of hydrogen-bond donors (Lipinski definition) is 1. The summed E-state index contributed by atoms with van der Waals surface area (Å²) in [5.74, 6) is -0.829. The normalized spacial score (nSPS) is 19.0. The first-order chi connectivity index (χ1) is 8.40. The van der Waals surface area contributed by atoms with Crippen molar-refractivity contribution in [2.24, 2.45) is 5.92 Å². The van der Waals surface area contributed by atoms with Gasteiger partial charge in [0.2, 0.25) is 5.91 Å². The van der Waals surface area contributed by atoms with Gasteiger partial charge in [-0.25, -0.2) is 0 Å². The molecule has 1 heterocycles. The minimum Gasteiger partial charge on any atom is -0.481 e. The van der Waals surface area contributed by atoms with E-state index in [0.29, 0.717) is 12.5 Å². The van der Waals surface area contributed by atoms with Gasteiger partial charge in [-0.1, -0.05) is 6.92 Å². The van der Waals surface area contributed by atoms with E-state index < -0.39 is 5.97 Å². The molecule has 1 amide bonds. The highest BCUT2D eigenvalue weighted by Crippen LogP contribution is 2.12. The Morgan fingerprint density at radius 3 is 2.06 bits per heavy atom. The summed E-state index contributed by atoms with van der Waals surface area (Å²) in [6.07, 6.45) is 0.408. The van der Waals surface area contributed by atoms with Crippen molar-refractivity contribution in [1.82, 2.24) is 9.80 Å². The van der Waals surface area contributed by atoms with Gasteiger partial charge in [0.1, 0.15) is 0 Å². The fourth-order valence-electron chi connectivity index (χ4n) is 2.29. The molecule has 0 aromatic heterocycles. The van der Waals surface area contributed by atoms with E-state index in [1.165, 1.54) is 0 Å². The molecule has 1 rings (SSSR count). The Balaban J connectivity index is 2.34. The predicted octanol–water partition coefficient (Wildman–Crippen LogP) is 1.04. The first-order valence-corrected chi connectivity index (χ1v) is 6.63. The molecule has 5 nitrogen and oxygen atoms in total. The Bertz CT molecular complexity index is 297. The van der Waals surface area contributed by atoms with Crippen molar-refractivity contribution in [1.29, 1.82) is 0 Å². The topological polar surface area (TPSA) is 60.9 Å². The highest BCUT2D eigenvalue weighted by atomic mass is 16.4. The van der Waals surface area contributed by atoms with E-state index in [1.54, 1.807) is 0 Å². The van der Waals surface area contributed by atoms with Gasteiger partial charge in [0, 0.05) is 45.1 Å². The molecular weight excluding hydrogens is 232 g/mol. The number of piperazine rings is 1. The number of hydrogen-bond acceptors (Lipinski definition) is 3. The van der Waals surface area contributed by atoms with Crippen LogP contribution in [0.1, 0.15) is 33.6 Å². The van der Waals surface area contributed by atoms with E-state index in [-0.39, 0.29) is 18.2 Å². The fourth-order valence-corrected chi connectivity index (χ4v) is 2.29. The molecule has 0 aromatic carbocycles. The maximum absolute atomic E-state index is 12.0. The highest BCUT2D eigenvalue weighted by molar-refractivity contribution is 5.77. The van der Waals surface area contributed by atoms with Crippen molar-refractivity contribution < 1.29 is 14.7 Å². The van der Waals surface area contributed by atoms with Crippen LogP contribution in [0, 0.1) is 5.92 Å². The number of amides is 1. The summed E-state index contributed by atoms with van der Waals surface area (Å²) in [5.41, 5.74) is 0. The van der Waals surface area contributed by atoms with E-state index in [4.69, 9.17) is 5.11 Å². The monoisotopic (exact) mass is 256 g/mol. The molecule has 0 saturated carbocycles. The number of rotatable bonds is 5. The van der Waals surface area contributed by atoms with Gasteiger partial charge in [0.25, 0.3) is 0 Å². The Kier molecular flexibility index (Phi) is 5.59. The standard InChI is InChI=1S/C13H24N2O3/c1-10(2)14-4-6-15(7-5-14)12(16)8-11(3)9-13(17)18/h10-11H,4-9H2,1-3H3,(H,17,18). The maximum Gasteiger partial charge on any atom is 0.303 e. The molecule has 1 atom stereocenters. The summed E-state index contributed by atoms with van der Waals surface area (Å²) in [4.78, 5) is 26.7. The minimum atomic E-state index is -0.833. The molecule has 1 fully saturated rings. The zero-order chi connectivity index (χ0) is 13.7. The van der Waals surface area contributed by atoms with Crippen molar-refractivity contribution in [3.8, 4) is 0 Å². The van der Waals surface area contributed by atoms with Crippen LogP contribution in [0.15, 0.2) is 0 Å². The summed E-state index contributed by atoms with van der Waals surface area (Å²) in [6.45, 7) is 9.48. The minimum absolute atomic E-state index is 0.0672. The second kappa shape index (κ2) is 6.73. The second-order valence-corrected chi connectivity index (χ2v) is 5.42. The van der Waals surface area contributed by atoms with Crippen molar-refractivity contribution in [2.75, 3.05) is 26.2 Å². The van der Waals surface area contributed by atoms with E-state index in [0.717, 1.165) is 26.2 Å². The summed E-state index contributed by atoms with van der Waals surface area (Å²) in [5, 5.41) is 8.67. The number of carbonyl (C=O) groups is 2. The maximum atomic E-state index is 12.0. The molecule has 18 heavy (non-hydrogen) atoms. The van der Waals surface area contributed by atoms with Crippen LogP contribution < -0.4 is 0 Å². The lowest BCUT2D eigenvalue weighted by Crippen LogP contribution is -2.50. The Hall–Kier alpha value is -1.10. The molecule has 1 saturated heterocycles. The SMILES string of the molecule is CC(CC(=O)O)CC(=O)N1CCN(C(C)C)CC1. The van der Waals surface area contributed by atoms with Gasteiger partial charge in [-0.15, -0.1) is 0 Å². The summed E-state index contributed by atoms with van der Waals surface area (Å²) >= 11 is 0. The zero-order valence-corrected chi connectivity index (χ0v) is 11.6. The van der Waals surface area contributed by atoms with Crippen LogP contribution in [-0.4, -0.2) is 59.0 Å². The third-order valence-corrected chi connectivity index (χ3v) is 3.44. The van der Waals surface area contributed by atoms with E-state index in [2.05, 4.69) is 18.7 Å². The quantitative estimate of drug-likeness (QED) is 0.798. The number of carboxylic acids is 1. The molecule has 5 heteroatoms. The molecular formula is C13H24N2O3. The van der Waals surface area contributed by atoms with Crippen LogP contribution in [0.25, 0.3) is 0 Å². The third kappa shape index (κ3) is 4.64. The first-order valence-electron chi connectivity index (χ1n) is 6.63. The Labute approximate surface area is 109 Å². The molecule has 0 radical (unpaired) electrons. The largest absolute Gasteiger partial charge is 0.481 e.